The number of hydrogen-bond donors (Lipinski definition) is 0. The Morgan fingerprint density at radius 2 is 1.87 bits per heavy atom. The van der Waals surface area contributed by atoms with Gasteiger partial charge in [0.25, 0.3) is 5.56 Å². The number of nitrogens with zero attached hydrogens (tertiary/aromatic N) is 3. The molecule has 0 N–H and O–H groups in total. The van der Waals surface area contributed by atoms with E-state index in [4.69, 9.17) is 16.3 Å². The van der Waals surface area contributed by atoms with E-state index in [2.05, 4.69) is 9.56 Å². The second-order valence-corrected chi connectivity index (χ2v) is 10.7. The Morgan fingerprint density at radius 3 is 2.51 bits per heavy atom. The normalized spacial score (nSPS) is 16.1. The van der Waals surface area contributed by atoms with Crippen molar-refractivity contribution < 1.29 is 22.7 Å². The number of alkyl halides is 3. The largest absolute Gasteiger partial charge is 0.463 e. The van der Waals surface area contributed by atoms with Crippen LogP contribution in [-0.2, 0) is 9.53 Å². The number of benzene rings is 2. The number of fused-ring (bicyclic) bond motifs is 2. The summed E-state index contributed by atoms with van der Waals surface area (Å²) in [6.07, 6.45) is -1.40. The number of carbonyl (C=O) groups is 1. The topological polar surface area (TPSA) is 65.6 Å². The molecule has 1 atom stereocenters. The lowest BCUT2D eigenvalue weighted by atomic mass is 9.95. The van der Waals surface area contributed by atoms with Gasteiger partial charge in [-0.2, -0.15) is 13.2 Å². The number of rotatable bonds is 5. The van der Waals surface area contributed by atoms with Crippen LogP contribution in [0.5, 0.6) is 0 Å². The third-order valence-electron chi connectivity index (χ3n) is 6.40. The van der Waals surface area contributed by atoms with Gasteiger partial charge in [0.1, 0.15) is 0 Å². The van der Waals surface area contributed by atoms with Crippen LogP contribution in [-0.4, -0.2) is 27.9 Å². The van der Waals surface area contributed by atoms with Crippen molar-refractivity contribution in [3.63, 3.8) is 0 Å². The SMILES string of the molecule is CCOC(=O)C1=C(C(F)(F)F)N=c2s/c(=C\c3cn(C(C)C)c4ccccc34)c(=O)n2[C@@H]1c1ccc(Cl)cc1. The second-order valence-electron chi connectivity index (χ2n) is 9.22. The van der Waals surface area contributed by atoms with Crippen LogP contribution >= 0.6 is 22.9 Å². The van der Waals surface area contributed by atoms with Gasteiger partial charge in [0.2, 0.25) is 0 Å². The summed E-state index contributed by atoms with van der Waals surface area (Å²) in [5.41, 5.74) is -0.721. The standard InChI is InChI=1S/C28H23ClF3N3O3S/c1-4-38-26(37)22-23(16-9-11-18(29)12-10-16)35-25(36)21(39-27(35)33-24(22)28(30,31)32)13-17-14-34(15(2)3)20-8-6-5-7-19(17)20/h5-15,23H,4H2,1-3H3/b21-13-/t23-/m1/s1. The van der Waals surface area contributed by atoms with Crippen LogP contribution in [0.4, 0.5) is 13.2 Å². The predicted octanol–water partition coefficient (Wildman–Crippen LogP) is 5.53. The molecule has 0 aliphatic carbocycles. The van der Waals surface area contributed by atoms with Gasteiger partial charge in [-0.05, 0) is 50.6 Å². The number of halogens is 4. The fourth-order valence-corrected chi connectivity index (χ4v) is 5.83. The van der Waals surface area contributed by atoms with Crippen molar-refractivity contribution in [2.75, 3.05) is 6.61 Å². The average molecular weight is 574 g/mol. The lowest BCUT2D eigenvalue weighted by Crippen LogP contribution is -2.41. The molecule has 0 radical (unpaired) electrons. The lowest BCUT2D eigenvalue weighted by Gasteiger charge is -2.26. The molecule has 0 saturated heterocycles. The van der Waals surface area contributed by atoms with Crippen molar-refractivity contribution in [1.29, 1.82) is 0 Å². The third-order valence-corrected chi connectivity index (χ3v) is 7.63. The molecule has 0 fully saturated rings. The molecule has 0 bridgehead atoms. The molecule has 2 aromatic carbocycles. The first kappa shape index (κ1) is 27.0. The summed E-state index contributed by atoms with van der Waals surface area (Å²) >= 11 is 6.86. The van der Waals surface area contributed by atoms with Gasteiger partial charge in [-0.3, -0.25) is 9.36 Å². The molecule has 1 aliphatic heterocycles. The fraction of sp³-hybridized carbons (Fsp3) is 0.250. The molecule has 202 valence electrons. The number of hydrogen-bond acceptors (Lipinski definition) is 5. The van der Waals surface area contributed by atoms with Gasteiger partial charge in [-0.15, -0.1) is 0 Å². The van der Waals surface area contributed by atoms with E-state index in [-0.39, 0.29) is 27.5 Å². The van der Waals surface area contributed by atoms with E-state index in [1.165, 1.54) is 31.2 Å². The van der Waals surface area contributed by atoms with Crippen LogP contribution in [0.25, 0.3) is 17.0 Å². The van der Waals surface area contributed by atoms with Gasteiger partial charge < -0.3 is 9.30 Å². The van der Waals surface area contributed by atoms with Crippen molar-refractivity contribution in [3.8, 4) is 0 Å². The van der Waals surface area contributed by atoms with Gasteiger partial charge in [-0.25, -0.2) is 9.79 Å². The minimum absolute atomic E-state index is 0.143. The molecule has 0 unspecified atom stereocenters. The Morgan fingerprint density at radius 1 is 1.18 bits per heavy atom. The Kier molecular flexibility index (Phi) is 7.02. The maximum atomic E-state index is 14.3. The molecule has 1 aliphatic rings. The molecular formula is C28H23ClF3N3O3S. The predicted molar refractivity (Wildman–Crippen MR) is 145 cm³/mol. The van der Waals surface area contributed by atoms with Crippen LogP contribution in [0.3, 0.4) is 0 Å². The first-order chi connectivity index (χ1) is 18.5. The molecule has 11 heteroatoms. The number of ether oxygens (including phenoxy) is 1. The quantitative estimate of drug-likeness (QED) is 0.295. The molecule has 0 saturated carbocycles. The van der Waals surface area contributed by atoms with E-state index in [1.807, 2.05) is 44.3 Å². The Balaban J connectivity index is 1.81. The molecule has 6 nitrogen and oxygen atoms in total. The maximum absolute atomic E-state index is 14.3. The van der Waals surface area contributed by atoms with Crippen molar-refractivity contribution in [2.24, 2.45) is 4.99 Å². The van der Waals surface area contributed by atoms with Crippen molar-refractivity contribution >= 4 is 45.9 Å². The monoisotopic (exact) mass is 573 g/mol. The number of carbonyl (C=O) groups excluding carboxylic acids is 1. The zero-order valence-electron chi connectivity index (χ0n) is 21.1. The van der Waals surface area contributed by atoms with Gasteiger partial charge in [0.15, 0.2) is 10.5 Å². The van der Waals surface area contributed by atoms with E-state index < -0.39 is 35.0 Å². The van der Waals surface area contributed by atoms with Gasteiger partial charge in [-0.1, -0.05) is 53.3 Å². The summed E-state index contributed by atoms with van der Waals surface area (Å²) in [5.74, 6) is -1.19. The molecule has 0 amide bonds. The van der Waals surface area contributed by atoms with Crippen LogP contribution < -0.4 is 14.9 Å². The highest BCUT2D eigenvalue weighted by molar-refractivity contribution is 7.07. The summed E-state index contributed by atoms with van der Waals surface area (Å²) in [6, 6.07) is 12.4. The highest BCUT2D eigenvalue weighted by Crippen LogP contribution is 2.38. The molecule has 5 rings (SSSR count). The molecule has 39 heavy (non-hydrogen) atoms. The van der Waals surface area contributed by atoms with Gasteiger partial charge in [0.05, 0.1) is 22.8 Å². The Labute approximate surface area is 229 Å². The average Bonchev–Trinajstić information content (AvgIpc) is 3.41. The highest BCUT2D eigenvalue weighted by atomic mass is 35.5. The van der Waals surface area contributed by atoms with Crippen LogP contribution in [0.1, 0.15) is 44.0 Å². The summed E-state index contributed by atoms with van der Waals surface area (Å²) in [4.78, 5) is 30.4. The summed E-state index contributed by atoms with van der Waals surface area (Å²) < 4.78 is 51.2. The van der Waals surface area contributed by atoms with Crippen molar-refractivity contribution in [3.05, 3.63) is 102 Å². The maximum Gasteiger partial charge on any atom is 0.434 e. The summed E-state index contributed by atoms with van der Waals surface area (Å²) in [6.45, 7) is 5.41. The number of allylic oxidation sites excluding steroid dienone is 1. The summed E-state index contributed by atoms with van der Waals surface area (Å²) in [5, 5.41) is 1.25. The minimum Gasteiger partial charge on any atom is -0.463 e. The van der Waals surface area contributed by atoms with Gasteiger partial charge >= 0.3 is 12.1 Å². The number of esters is 1. The molecule has 0 spiro atoms. The van der Waals surface area contributed by atoms with Crippen molar-refractivity contribution in [1.82, 2.24) is 9.13 Å². The number of para-hydroxylation sites is 1. The zero-order chi connectivity index (χ0) is 28.1. The van der Waals surface area contributed by atoms with Crippen molar-refractivity contribution in [2.45, 2.75) is 39.0 Å². The van der Waals surface area contributed by atoms with Gasteiger partial charge in [0, 0.05) is 33.7 Å². The molecule has 4 aromatic rings. The molecule has 2 aromatic heterocycles. The number of aromatic nitrogens is 2. The Bertz CT molecular complexity index is 1800. The number of thiazole rings is 1. The molecular weight excluding hydrogens is 551 g/mol. The van der Waals surface area contributed by atoms with E-state index in [1.54, 1.807) is 6.08 Å². The smallest absolute Gasteiger partial charge is 0.434 e. The third kappa shape index (κ3) is 4.83. The van der Waals surface area contributed by atoms with E-state index in [9.17, 15) is 22.8 Å². The molecule has 3 heterocycles. The van der Waals surface area contributed by atoms with E-state index >= 15 is 0 Å². The van der Waals surface area contributed by atoms with Crippen LogP contribution in [0.2, 0.25) is 5.02 Å². The van der Waals surface area contributed by atoms with Crippen LogP contribution in [0, 0.1) is 0 Å². The fourth-order valence-electron chi connectivity index (χ4n) is 4.72. The lowest BCUT2D eigenvalue weighted by molar-refractivity contribution is -0.140. The second kappa shape index (κ2) is 10.2. The first-order valence-corrected chi connectivity index (χ1v) is 13.4. The van der Waals surface area contributed by atoms with E-state index in [0.29, 0.717) is 5.02 Å². The summed E-state index contributed by atoms with van der Waals surface area (Å²) in [7, 11) is 0. The minimum atomic E-state index is -4.97. The van der Waals surface area contributed by atoms with E-state index in [0.717, 1.165) is 32.4 Å². The zero-order valence-corrected chi connectivity index (χ0v) is 22.7. The Hall–Kier alpha value is -3.63. The first-order valence-electron chi connectivity index (χ1n) is 12.2. The highest BCUT2D eigenvalue weighted by Gasteiger charge is 2.45. The van der Waals surface area contributed by atoms with Crippen LogP contribution in [0.15, 0.2) is 75.8 Å².